The number of fused-ring (bicyclic) bond motifs is 1. The molecule has 100 valence electrons. The fourth-order valence-corrected chi connectivity index (χ4v) is 2.40. The molecule has 3 rings (SSSR count). The summed E-state index contributed by atoms with van der Waals surface area (Å²) in [6.07, 6.45) is 3.26. The van der Waals surface area contributed by atoms with Gasteiger partial charge in [0, 0.05) is 12.8 Å². The van der Waals surface area contributed by atoms with E-state index in [1.807, 2.05) is 18.3 Å². The molecule has 1 aliphatic rings. The second-order valence-corrected chi connectivity index (χ2v) is 4.92. The minimum Gasteiger partial charge on any atom is -0.368 e. The van der Waals surface area contributed by atoms with Crippen LogP contribution in [0.4, 0.5) is 0 Å². The quantitative estimate of drug-likeness (QED) is 0.872. The van der Waals surface area contributed by atoms with Crippen LogP contribution in [0.1, 0.15) is 18.5 Å². The number of carbonyl (C=O) groups is 1. The maximum Gasteiger partial charge on any atom is 0.249 e. The SMILES string of the molecule is O=C(NCc1cn2c(Cl)cccc2n1)C1CCCO1. The van der Waals surface area contributed by atoms with E-state index < -0.39 is 0 Å². The van der Waals surface area contributed by atoms with Gasteiger partial charge in [0.1, 0.15) is 16.9 Å². The van der Waals surface area contributed by atoms with E-state index in [4.69, 9.17) is 16.3 Å². The summed E-state index contributed by atoms with van der Waals surface area (Å²) < 4.78 is 7.11. The molecule has 1 aliphatic heterocycles. The number of rotatable bonds is 3. The van der Waals surface area contributed by atoms with E-state index in [9.17, 15) is 4.79 Å². The van der Waals surface area contributed by atoms with Gasteiger partial charge in [0.25, 0.3) is 0 Å². The second kappa shape index (κ2) is 5.19. The number of ether oxygens (including phenoxy) is 1. The van der Waals surface area contributed by atoms with Crippen molar-refractivity contribution in [3.05, 3.63) is 35.2 Å². The topological polar surface area (TPSA) is 55.6 Å². The molecule has 6 heteroatoms. The number of hydrogen-bond donors (Lipinski definition) is 1. The molecule has 0 radical (unpaired) electrons. The van der Waals surface area contributed by atoms with Gasteiger partial charge in [-0.3, -0.25) is 9.20 Å². The lowest BCUT2D eigenvalue weighted by Gasteiger charge is -2.08. The first-order valence-corrected chi connectivity index (χ1v) is 6.63. The van der Waals surface area contributed by atoms with Gasteiger partial charge in [-0.2, -0.15) is 0 Å². The Morgan fingerprint density at radius 2 is 2.47 bits per heavy atom. The highest BCUT2D eigenvalue weighted by molar-refractivity contribution is 6.29. The van der Waals surface area contributed by atoms with Gasteiger partial charge in [-0.1, -0.05) is 17.7 Å². The molecule has 1 saturated heterocycles. The number of imidazole rings is 1. The standard InChI is InChI=1S/C13H14ClN3O2/c14-11-4-1-5-12-16-9(8-17(11)12)7-15-13(18)10-3-2-6-19-10/h1,4-5,8,10H,2-3,6-7H2,(H,15,18). The van der Waals surface area contributed by atoms with Gasteiger partial charge >= 0.3 is 0 Å². The fraction of sp³-hybridized carbons (Fsp3) is 0.385. The molecule has 2 aromatic rings. The van der Waals surface area contributed by atoms with Crippen LogP contribution in [0.5, 0.6) is 0 Å². The Hall–Kier alpha value is -1.59. The molecule has 0 aromatic carbocycles. The molecule has 0 bridgehead atoms. The Kier molecular flexibility index (Phi) is 3.40. The molecule has 0 saturated carbocycles. The highest BCUT2D eigenvalue weighted by atomic mass is 35.5. The number of nitrogens with zero attached hydrogens (tertiary/aromatic N) is 2. The first-order valence-electron chi connectivity index (χ1n) is 6.26. The Balaban J connectivity index is 1.68. The van der Waals surface area contributed by atoms with Gasteiger partial charge in [0.15, 0.2) is 0 Å². The van der Waals surface area contributed by atoms with E-state index >= 15 is 0 Å². The van der Waals surface area contributed by atoms with Crippen molar-refractivity contribution in [3.63, 3.8) is 0 Å². The first kappa shape index (κ1) is 12.4. The number of halogens is 1. The summed E-state index contributed by atoms with van der Waals surface area (Å²) in [5.41, 5.74) is 1.55. The lowest BCUT2D eigenvalue weighted by molar-refractivity contribution is -0.130. The molecular weight excluding hydrogens is 266 g/mol. The lowest BCUT2D eigenvalue weighted by Crippen LogP contribution is -2.33. The molecule has 5 nitrogen and oxygen atoms in total. The number of nitrogens with one attached hydrogen (secondary N) is 1. The largest absolute Gasteiger partial charge is 0.368 e. The minimum atomic E-state index is -0.305. The van der Waals surface area contributed by atoms with E-state index in [0.29, 0.717) is 18.3 Å². The predicted octanol–water partition coefficient (Wildman–Crippen LogP) is 1.78. The zero-order valence-electron chi connectivity index (χ0n) is 10.3. The van der Waals surface area contributed by atoms with Crippen LogP contribution in [0.15, 0.2) is 24.4 Å². The molecule has 1 N–H and O–H groups in total. The Labute approximate surface area is 115 Å². The lowest BCUT2D eigenvalue weighted by atomic mass is 10.2. The summed E-state index contributed by atoms with van der Waals surface area (Å²) in [7, 11) is 0. The second-order valence-electron chi connectivity index (χ2n) is 4.53. The van der Waals surface area contributed by atoms with Crippen molar-refractivity contribution in [2.45, 2.75) is 25.5 Å². The average Bonchev–Trinajstić information content (AvgIpc) is 3.05. The van der Waals surface area contributed by atoms with Gasteiger partial charge < -0.3 is 10.1 Å². The van der Waals surface area contributed by atoms with Crippen molar-refractivity contribution in [1.29, 1.82) is 0 Å². The highest BCUT2D eigenvalue weighted by Crippen LogP contribution is 2.14. The number of aromatic nitrogens is 2. The fourth-order valence-electron chi connectivity index (χ4n) is 2.19. The average molecular weight is 280 g/mol. The zero-order chi connectivity index (χ0) is 13.2. The van der Waals surface area contributed by atoms with Gasteiger partial charge in [-0.15, -0.1) is 0 Å². The van der Waals surface area contributed by atoms with E-state index in [0.717, 1.165) is 24.2 Å². The Morgan fingerprint density at radius 3 is 3.21 bits per heavy atom. The zero-order valence-corrected chi connectivity index (χ0v) is 11.1. The molecule has 1 amide bonds. The van der Waals surface area contributed by atoms with Gasteiger partial charge in [-0.25, -0.2) is 4.98 Å². The number of carbonyl (C=O) groups excluding carboxylic acids is 1. The summed E-state index contributed by atoms with van der Waals surface area (Å²) in [5.74, 6) is -0.0688. The van der Waals surface area contributed by atoms with Crippen LogP contribution in [0, 0.1) is 0 Å². The van der Waals surface area contributed by atoms with E-state index in [2.05, 4.69) is 10.3 Å². The van der Waals surface area contributed by atoms with Crippen LogP contribution < -0.4 is 5.32 Å². The molecule has 1 atom stereocenters. The van der Waals surface area contributed by atoms with Crippen LogP contribution in [0.2, 0.25) is 5.15 Å². The van der Waals surface area contributed by atoms with E-state index in [1.54, 1.807) is 10.5 Å². The molecule has 19 heavy (non-hydrogen) atoms. The molecular formula is C13H14ClN3O2. The molecule has 3 heterocycles. The summed E-state index contributed by atoms with van der Waals surface area (Å²) in [5, 5.41) is 3.44. The van der Waals surface area contributed by atoms with Crippen LogP contribution in [-0.4, -0.2) is 28.0 Å². The Bertz CT molecular complexity index is 605. The molecule has 1 unspecified atom stereocenters. The van der Waals surface area contributed by atoms with E-state index in [-0.39, 0.29) is 12.0 Å². The van der Waals surface area contributed by atoms with Crippen molar-refractivity contribution >= 4 is 23.2 Å². The van der Waals surface area contributed by atoms with Crippen molar-refractivity contribution in [1.82, 2.24) is 14.7 Å². The predicted molar refractivity (Wildman–Crippen MR) is 71.0 cm³/mol. The first-order chi connectivity index (χ1) is 9.24. The van der Waals surface area contributed by atoms with Gasteiger partial charge in [-0.05, 0) is 25.0 Å². The molecule has 2 aromatic heterocycles. The van der Waals surface area contributed by atoms with Crippen LogP contribution in [-0.2, 0) is 16.1 Å². The number of hydrogen-bond acceptors (Lipinski definition) is 3. The summed E-state index contributed by atoms with van der Waals surface area (Å²) in [4.78, 5) is 16.2. The monoisotopic (exact) mass is 279 g/mol. The van der Waals surface area contributed by atoms with Crippen molar-refractivity contribution in [3.8, 4) is 0 Å². The Morgan fingerprint density at radius 1 is 1.58 bits per heavy atom. The van der Waals surface area contributed by atoms with Crippen molar-refractivity contribution in [2.24, 2.45) is 0 Å². The van der Waals surface area contributed by atoms with Gasteiger partial charge in [0.2, 0.25) is 5.91 Å². The van der Waals surface area contributed by atoms with Crippen molar-refractivity contribution < 1.29 is 9.53 Å². The number of amides is 1. The molecule has 0 spiro atoms. The van der Waals surface area contributed by atoms with E-state index in [1.165, 1.54) is 0 Å². The van der Waals surface area contributed by atoms with Crippen LogP contribution in [0.25, 0.3) is 5.65 Å². The third-order valence-corrected chi connectivity index (χ3v) is 3.47. The summed E-state index contributed by atoms with van der Waals surface area (Å²) in [6.45, 7) is 1.05. The normalized spacial score (nSPS) is 18.9. The maximum absolute atomic E-state index is 11.8. The van der Waals surface area contributed by atoms with Crippen LogP contribution >= 0.6 is 11.6 Å². The summed E-state index contributed by atoms with van der Waals surface area (Å²) in [6, 6.07) is 5.52. The van der Waals surface area contributed by atoms with Gasteiger partial charge in [0.05, 0.1) is 12.2 Å². The third-order valence-electron chi connectivity index (χ3n) is 3.16. The highest BCUT2D eigenvalue weighted by Gasteiger charge is 2.23. The summed E-state index contributed by atoms with van der Waals surface area (Å²) >= 11 is 6.05. The minimum absolute atomic E-state index is 0.0688. The van der Waals surface area contributed by atoms with Crippen LogP contribution in [0.3, 0.4) is 0 Å². The smallest absolute Gasteiger partial charge is 0.249 e. The third kappa shape index (κ3) is 2.57. The maximum atomic E-state index is 11.8. The molecule has 1 fully saturated rings. The number of pyridine rings is 1. The molecule has 0 aliphatic carbocycles. The van der Waals surface area contributed by atoms with Crippen molar-refractivity contribution in [2.75, 3.05) is 6.61 Å².